The number of ether oxygens (including phenoxy) is 3. The summed E-state index contributed by atoms with van der Waals surface area (Å²) >= 11 is 0. The van der Waals surface area contributed by atoms with Gasteiger partial charge in [0.15, 0.2) is 0 Å². The van der Waals surface area contributed by atoms with Gasteiger partial charge in [0.1, 0.15) is 34.0 Å². The van der Waals surface area contributed by atoms with Gasteiger partial charge in [0, 0.05) is 18.6 Å². The fourth-order valence-electron chi connectivity index (χ4n) is 2.39. The highest BCUT2D eigenvalue weighted by molar-refractivity contribution is 6.11. The van der Waals surface area contributed by atoms with Gasteiger partial charge in [-0.15, -0.1) is 0 Å². The summed E-state index contributed by atoms with van der Waals surface area (Å²) in [4.78, 5) is 60.0. The molecule has 0 bridgehead atoms. The lowest BCUT2D eigenvalue weighted by atomic mass is 10.2. The number of aliphatic hydroxyl groups is 3. The number of aromatic nitrogens is 3. The molecule has 3 N–H and O–H groups in total. The zero-order valence-electron chi connectivity index (χ0n) is 22.3. The van der Waals surface area contributed by atoms with Gasteiger partial charge in [0.25, 0.3) is 17.8 Å². The Balaban J connectivity index is 3.64. The summed E-state index contributed by atoms with van der Waals surface area (Å²) in [6.07, 6.45) is 2.86. The van der Waals surface area contributed by atoms with Crippen molar-refractivity contribution in [3.63, 3.8) is 0 Å². The smallest absolute Gasteiger partial charge is 0.343 e. The van der Waals surface area contributed by atoms with E-state index in [1.54, 1.807) is 20.8 Å². The van der Waals surface area contributed by atoms with Crippen LogP contribution in [0.2, 0.25) is 0 Å². The predicted octanol–water partition coefficient (Wildman–Crippen LogP) is 3.16. The van der Waals surface area contributed by atoms with Gasteiger partial charge >= 0.3 is 17.9 Å². The molecule has 0 aromatic carbocycles. The monoisotopic (exact) mass is 546 g/mol. The molecule has 1 aromatic rings. The molecule has 39 heavy (non-hydrogen) atoms. The number of rotatable bonds is 12. The summed E-state index contributed by atoms with van der Waals surface area (Å²) in [5, 5.41) is 29.5. The SMILES string of the molecule is CCOC(=O)C(/C=N/c1nc(/N=C/C(C(=O)OCC)=C(\C)O)nc(/N=C/C(C(=O)OCC)=C(/C)O)n1)=C(/C)O. The maximum absolute atomic E-state index is 12.1. The van der Waals surface area contributed by atoms with Crippen molar-refractivity contribution in [3.05, 3.63) is 34.0 Å². The van der Waals surface area contributed by atoms with Crippen molar-refractivity contribution < 1.29 is 43.9 Å². The number of nitrogens with zero attached hydrogens (tertiary/aromatic N) is 6. The number of hydrogen-bond acceptors (Lipinski definition) is 15. The Kier molecular flexibility index (Phi) is 13.2. The van der Waals surface area contributed by atoms with Crippen LogP contribution < -0.4 is 0 Å². The minimum atomic E-state index is -0.850. The lowest BCUT2D eigenvalue weighted by Crippen LogP contribution is -2.11. The number of aliphatic hydroxyl groups excluding tert-OH is 3. The topological polar surface area (TPSA) is 215 Å². The third-order valence-corrected chi connectivity index (χ3v) is 4.18. The minimum Gasteiger partial charge on any atom is -0.512 e. The highest BCUT2D eigenvalue weighted by Gasteiger charge is 2.16. The maximum Gasteiger partial charge on any atom is 0.343 e. The molecular weight excluding hydrogens is 516 g/mol. The number of esters is 3. The zero-order valence-corrected chi connectivity index (χ0v) is 22.3. The van der Waals surface area contributed by atoms with Crippen LogP contribution in [0, 0.1) is 0 Å². The van der Waals surface area contributed by atoms with Gasteiger partial charge in [0.2, 0.25) is 0 Å². The molecule has 0 spiro atoms. The van der Waals surface area contributed by atoms with Crippen molar-refractivity contribution in [1.82, 2.24) is 15.0 Å². The largest absolute Gasteiger partial charge is 0.512 e. The van der Waals surface area contributed by atoms with Crippen LogP contribution in [-0.2, 0) is 28.6 Å². The van der Waals surface area contributed by atoms with Crippen molar-refractivity contribution in [2.24, 2.45) is 15.0 Å². The van der Waals surface area contributed by atoms with Gasteiger partial charge in [0.05, 0.1) is 19.8 Å². The Hall–Kier alpha value is -4.95. The van der Waals surface area contributed by atoms with Crippen molar-refractivity contribution in [1.29, 1.82) is 0 Å². The molecule has 0 aliphatic carbocycles. The number of carbonyl (C=O) groups excluding carboxylic acids is 3. The van der Waals surface area contributed by atoms with E-state index in [-0.39, 0.29) is 71.7 Å². The second kappa shape index (κ2) is 16.0. The summed E-state index contributed by atoms with van der Waals surface area (Å²) < 4.78 is 14.6. The first kappa shape index (κ1) is 32.1. The highest BCUT2D eigenvalue weighted by Crippen LogP contribution is 2.18. The Morgan fingerprint density at radius 3 is 1.00 bits per heavy atom. The van der Waals surface area contributed by atoms with Gasteiger partial charge in [-0.2, -0.15) is 15.0 Å². The molecule has 15 nitrogen and oxygen atoms in total. The van der Waals surface area contributed by atoms with Crippen molar-refractivity contribution >= 4 is 54.4 Å². The third-order valence-electron chi connectivity index (χ3n) is 4.18. The van der Waals surface area contributed by atoms with E-state index >= 15 is 0 Å². The van der Waals surface area contributed by atoms with Gasteiger partial charge in [-0.3, -0.25) is 0 Å². The zero-order chi connectivity index (χ0) is 29.5. The molecule has 0 saturated heterocycles. The van der Waals surface area contributed by atoms with Gasteiger partial charge in [-0.25, -0.2) is 29.4 Å². The summed E-state index contributed by atoms with van der Waals surface area (Å²) in [5.74, 6) is -4.74. The Morgan fingerprint density at radius 1 is 0.590 bits per heavy atom. The predicted molar refractivity (Wildman–Crippen MR) is 140 cm³/mol. The lowest BCUT2D eigenvalue weighted by molar-refractivity contribution is -0.139. The molecule has 0 aliphatic heterocycles. The molecule has 0 fully saturated rings. The quantitative estimate of drug-likeness (QED) is 0.113. The normalized spacial score (nSPS) is 13.7. The van der Waals surface area contributed by atoms with Crippen LogP contribution in [0.4, 0.5) is 17.8 Å². The van der Waals surface area contributed by atoms with Crippen molar-refractivity contribution in [3.8, 4) is 0 Å². The van der Waals surface area contributed by atoms with E-state index in [2.05, 4.69) is 29.9 Å². The molecule has 0 radical (unpaired) electrons. The Labute approximate surface area is 224 Å². The average Bonchev–Trinajstić information content (AvgIpc) is 2.84. The fraction of sp³-hybridized carbons (Fsp3) is 0.375. The van der Waals surface area contributed by atoms with Crippen LogP contribution in [0.15, 0.2) is 49.0 Å². The Bertz CT molecular complexity index is 1090. The maximum atomic E-state index is 12.1. The Morgan fingerprint density at radius 2 is 0.821 bits per heavy atom. The molecule has 0 unspecified atom stereocenters. The van der Waals surface area contributed by atoms with Gasteiger partial charge in [-0.1, -0.05) is 0 Å². The third kappa shape index (κ3) is 10.5. The molecule has 15 heteroatoms. The minimum absolute atomic E-state index is 0.0497. The first-order chi connectivity index (χ1) is 18.4. The van der Waals surface area contributed by atoms with Crippen LogP contribution in [0.25, 0.3) is 0 Å². The first-order valence-corrected chi connectivity index (χ1v) is 11.5. The van der Waals surface area contributed by atoms with Crippen LogP contribution in [0.3, 0.4) is 0 Å². The summed E-state index contributed by atoms with van der Waals surface area (Å²) in [7, 11) is 0. The lowest BCUT2D eigenvalue weighted by Gasteiger charge is -2.04. The van der Waals surface area contributed by atoms with E-state index in [4.69, 9.17) is 14.2 Å². The van der Waals surface area contributed by atoms with Gasteiger partial charge < -0.3 is 29.5 Å². The molecule has 1 heterocycles. The van der Waals surface area contributed by atoms with E-state index in [1.165, 1.54) is 20.8 Å². The number of hydrogen-bond donors (Lipinski definition) is 3. The fourth-order valence-corrected chi connectivity index (χ4v) is 2.39. The van der Waals surface area contributed by atoms with Crippen molar-refractivity contribution in [2.45, 2.75) is 41.5 Å². The van der Waals surface area contributed by atoms with Crippen LogP contribution in [0.1, 0.15) is 41.5 Å². The van der Waals surface area contributed by atoms with Crippen LogP contribution in [0.5, 0.6) is 0 Å². The van der Waals surface area contributed by atoms with E-state index in [0.29, 0.717) is 0 Å². The average molecular weight is 547 g/mol. The second-order valence-electron chi connectivity index (χ2n) is 7.17. The van der Waals surface area contributed by atoms with E-state index in [0.717, 1.165) is 18.6 Å². The number of carbonyl (C=O) groups is 3. The summed E-state index contributed by atoms with van der Waals surface area (Å²) in [6, 6.07) is 0. The summed E-state index contributed by atoms with van der Waals surface area (Å²) in [6.45, 7) is 8.64. The van der Waals surface area contributed by atoms with Crippen LogP contribution >= 0.6 is 0 Å². The number of aliphatic imine (C=N–C) groups is 3. The van der Waals surface area contributed by atoms with Crippen LogP contribution in [-0.4, -0.2) is 86.6 Å². The van der Waals surface area contributed by atoms with Crippen molar-refractivity contribution in [2.75, 3.05) is 19.8 Å². The standard InChI is InChI=1S/C24H30N6O9/c1-7-37-19(34)16(13(4)31)10-25-22-28-23(26-11-17(14(5)32)20(35)38-8-2)30-24(29-22)27-12-18(15(6)33)21(36)39-9-3/h10-12,31-33H,7-9H2,1-6H3/b16-13-,17-14-,18-15+,25-10+,26-11+,27-12+. The molecule has 0 saturated carbocycles. The van der Waals surface area contributed by atoms with E-state index in [1.807, 2.05) is 0 Å². The molecule has 1 rings (SSSR count). The number of allylic oxidation sites excluding steroid dienone is 3. The highest BCUT2D eigenvalue weighted by atomic mass is 16.5. The molecule has 0 atom stereocenters. The first-order valence-electron chi connectivity index (χ1n) is 11.5. The molecule has 0 amide bonds. The molecule has 210 valence electrons. The summed E-state index contributed by atoms with van der Waals surface area (Å²) in [5.41, 5.74) is -0.835. The van der Waals surface area contributed by atoms with Gasteiger partial charge in [-0.05, 0) is 41.5 Å². The van der Waals surface area contributed by atoms with E-state index in [9.17, 15) is 29.7 Å². The van der Waals surface area contributed by atoms with E-state index < -0.39 is 17.9 Å². The molecule has 1 aromatic heterocycles. The molecular formula is C24H30N6O9. The molecule has 0 aliphatic rings. The second-order valence-corrected chi connectivity index (χ2v) is 7.17.